The van der Waals surface area contributed by atoms with Crippen LogP contribution < -0.4 is 15.4 Å². The smallest absolute Gasteiger partial charge is 0.239 e. The third kappa shape index (κ3) is 3.33. The predicted octanol–water partition coefficient (Wildman–Crippen LogP) is 1.98. The molecule has 0 aliphatic carbocycles. The lowest BCUT2D eigenvalue weighted by atomic mass is 10.2. The van der Waals surface area contributed by atoms with E-state index in [-0.39, 0.29) is 0 Å². The second-order valence-corrected chi connectivity index (χ2v) is 5.28. The summed E-state index contributed by atoms with van der Waals surface area (Å²) in [4.78, 5) is 9.38. The quantitative estimate of drug-likeness (QED) is 0.892. The molecule has 1 aromatic heterocycles. The van der Waals surface area contributed by atoms with Gasteiger partial charge in [-0.1, -0.05) is 6.92 Å². The first kappa shape index (κ1) is 14.9. The Hall–Kier alpha value is -1.49. The molecule has 2 N–H and O–H groups in total. The van der Waals surface area contributed by atoms with Crippen molar-refractivity contribution >= 4 is 11.5 Å². The van der Waals surface area contributed by atoms with Gasteiger partial charge in [-0.15, -0.1) is 0 Å². The maximum Gasteiger partial charge on any atom is 0.239 e. The molecule has 0 spiro atoms. The van der Waals surface area contributed by atoms with Crippen molar-refractivity contribution in [2.45, 2.75) is 33.2 Å². The van der Waals surface area contributed by atoms with Crippen molar-refractivity contribution in [1.29, 1.82) is 0 Å². The molecule has 1 aromatic rings. The van der Waals surface area contributed by atoms with Gasteiger partial charge < -0.3 is 15.4 Å². The number of nitrogens with two attached hydrogens (primary N) is 1. The van der Waals surface area contributed by atoms with E-state index in [1.165, 1.54) is 6.42 Å². The van der Waals surface area contributed by atoms with E-state index in [1.807, 2.05) is 19.1 Å². The van der Waals surface area contributed by atoms with Gasteiger partial charge in [-0.2, -0.15) is 4.98 Å². The first-order valence-electron chi connectivity index (χ1n) is 7.54. The van der Waals surface area contributed by atoms with Gasteiger partial charge in [0.15, 0.2) is 0 Å². The van der Waals surface area contributed by atoms with Crippen LogP contribution >= 0.6 is 0 Å². The molecule has 1 saturated heterocycles. The highest BCUT2D eigenvalue weighted by molar-refractivity contribution is 5.54. The fourth-order valence-corrected chi connectivity index (χ4v) is 2.52. The number of nitrogens with zero attached hydrogens (tertiary/aromatic N) is 3. The van der Waals surface area contributed by atoms with Crippen LogP contribution in [0, 0.1) is 0 Å². The Morgan fingerprint density at radius 3 is 2.55 bits per heavy atom. The molecule has 2 heterocycles. The molecule has 0 bridgehead atoms. The summed E-state index contributed by atoms with van der Waals surface area (Å²) in [6.07, 6.45) is 1.20. The number of rotatable bonds is 5. The van der Waals surface area contributed by atoms with E-state index >= 15 is 0 Å². The summed E-state index contributed by atoms with van der Waals surface area (Å²) in [7, 11) is 0. The van der Waals surface area contributed by atoms with Gasteiger partial charge >= 0.3 is 0 Å². The predicted molar refractivity (Wildman–Crippen MR) is 83.4 cm³/mol. The molecule has 1 fully saturated rings. The lowest BCUT2D eigenvalue weighted by Crippen LogP contribution is -2.49. The molecule has 1 unspecified atom stereocenters. The molecule has 20 heavy (non-hydrogen) atoms. The lowest BCUT2D eigenvalue weighted by molar-refractivity contribution is 0.192. The van der Waals surface area contributed by atoms with Crippen LogP contribution in [0.2, 0.25) is 0 Å². The second-order valence-electron chi connectivity index (χ2n) is 5.28. The minimum atomic E-state index is 0.550. The van der Waals surface area contributed by atoms with E-state index in [2.05, 4.69) is 28.6 Å². The van der Waals surface area contributed by atoms with Gasteiger partial charge in [0.25, 0.3) is 0 Å². The van der Waals surface area contributed by atoms with Gasteiger partial charge in [-0.3, -0.25) is 4.90 Å². The zero-order valence-electron chi connectivity index (χ0n) is 12.8. The number of piperazine rings is 1. The summed E-state index contributed by atoms with van der Waals surface area (Å²) in [6.45, 7) is 11.3. The summed E-state index contributed by atoms with van der Waals surface area (Å²) >= 11 is 0. The molecule has 1 aliphatic rings. The molecule has 0 saturated carbocycles. The van der Waals surface area contributed by atoms with E-state index in [9.17, 15) is 0 Å². The van der Waals surface area contributed by atoms with Crippen molar-refractivity contribution in [3.8, 4) is 5.88 Å². The molecule has 1 aliphatic heterocycles. The Kier molecular flexibility index (Phi) is 5.06. The summed E-state index contributed by atoms with van der Waals surface area (Å²) in [6, 6.07) is 4.53. The van der Waals surface area contributed by atoms with E-state index in [1.54, 1.807) is 0 Å². The Morgan fingerprint density at radius 1 is 1.25 bits per heavy atom. The Morgan fingerprint density at radius 2 is 1.95 bits per heavy atom. The number of anilines is 2. The Labute approximate surface area is 121 Å². The maximum absolute atomic E-state index is 5.87. The van der Waals surface area contributed by atoms with Crippen LogP contribution in [0.5, 0.6) is 5.88 Å². The second kappa shape index (κ2) is 6.79. The topological polar surface area (TPSA) is 54.6 Å². The normalized spacial score (nSPS) is 18.1. The van der Waals surface area contributed by atoms with E-state index in [0.29, 0.717) is 24.2 Å². The van der Waals surface area contributed by atoms with Crippen LogP contribution in [0.4, 0.5) is 11.5 Å². The summed E-state index contributed by atoms with van der Waals surface area (Å²) < 4.78 is 5.47. The summed E-state index contributed by atoms with van der Waals surface area (Å²) in [5.74, 6) is 1.51. The number of ether oxygens (including phenoxy) is 1. The Balaban J connectivity index is 2.01. The number of hydrogen-bond donors (Lipinski definition) is 1. The molecule has 0 amide bonds. The third-order valence-corrected chi connectivity index (χ3v) is 4.01. The van der Waals surface area contributed by atoms with Crippen LogP contribution in [0.1, 0.15) is 27.2 Å². The van der Waals surface area contributed by atoms with Crippen molar-refractivity contribution in [1.82, 2.24) is 9.88 Å². The first-order valence-corrected chi connectivity index (χ1v) is 7.54. The molecule has 5 heteroatoms. The Bertz CT molecular complexity index is 430. The number of aromatic nitrogens is 1. The maximum atomic E-state index is 5.87. The van der Waals surface area contributed by atoms with Crippen molar-refractivity contribution in [2.75, 3.05) is 43.4 Å². The SMILES string of the molecule is CCOc1nc(N2CCN(C(C)CC)CC2)ccc1N. The average molecular weight is 278 g/mol. The fraction of sp³-hybridized carbons (Fsp3) is 0.667. The number of nitrogen functional groups attached to an aromatic ring is 1. The summed E-state index contributed by atoms with van der Waals surface area (Å²) in [5, 5.41) is 0. The van der Waals surface area contributed by atoms with Crippen molar-refractivity contribution < 1.29 is 4.74 Å². The van der Waals surface area contributed by atoms with E-state index in [0.717, 1.165) is 32.0 Å². The average Bonchev–Trinajstić information content (AvgIpc) is 2.49. The van der Waals surface area contributed by atoms with Gasteiger partial charge in [-0.25, -0.2) is 0 Å². The third-order valence-electron chi connectivity index (χ3n) is 4.01. The summed E-state index contributed by atoms with van der Waals surface area (Å²) in [5.41, 5.74) is 6.48. The van der Waals surface area contributed by atoms with Gasteiger partial charge in [-0.05, 0) is 32.4 Å². The largest absolute Gasteiger partial charge is 0.476 e. The molecule has 112 valence electrons. The van der Waals surface area contributed by atoms with Crippen molar-refractivity contribution in [2.24, 2.45) is 0 Å². The van der Waals surface area contributed by atoms with Crippen LogP contribution in [-0.2, 0) is 0 Å². The van der Waals surface area contributed by atoms with Crippen molar-refractivity contribution in [3.05, 3.63) is 12.1 Å². The number of hydrogen-bond acceptors (Lipinski definition) is 5. The molecule has 0 aromatic carbocycles. The number of pyridine rings is 1. The first-order chi connectivity index (χ1) is 9.65. The van der Waals surface area contributed by atoms with Crippen LogP contribution in [0.25, 0.3) is 0 Å². The lowest BCUT2D eigenvalue weighted by Gasteiger charge is -2.38. The van der Waals surface area contributed by atoms with Crippen LogP contribution in [0.15, 0.2) is 12.1 Å². The van der Waals surface area contributed by atoms with Crippen LogP contribution in [0.3, 0.4) is 0 Å². The molecule has 5 nitrogen and oxygen atoms in total. The van der Waals surface area contributed by atoms with Gasteiger partial charge in [0.1, 0.15) is 5.82 Å². The van der Waals surface area contributed by atoms with Crippen LogP contribution in [-0.4, -0.2) is 48.7 Å². The van der Waals surface area contributed by atoms with Crippen molar-refractivity contribution in [3.63, 3.8) is 0 Å². The molecule has 1 atom stereocenters. The van der Waals surface area contributed by atoms with Gasteiger partial charge in [0, 0.05) is 32.2 Å². The molecular formula is C15H26N4O. The highest BCUT2D eigenvalue weighted by atomic mass is 16.5. The highest BCUT2D eigenvalue weighted by Gasteiger charge is 2.21. The fourth-order valence-electron chi connectivity index (χ4n) is 2.52. The van der Waals surface area contributed by atoms with E-state index in [4.69, 9.17) is 10.5 Å². The van der Waals surface area contributed by atoms with Gasteiger partial charge in [0.2, 0.25) is 5.88 Å². The zero-order chi connectivity index (χ0) is 14.5. The minimum absolute atomic E-state index is 0.550. The monoisotopic (exact) mass is 278 g/mol. The molecule has 0 radical (unpaired) electrons. The zero-order valence-corrected chi connectivity index (χ0v) is 12.8. The standard InChI is InChI=1S/C15H26N4O/c1-4-12(3)18-8-10-19(11-9-18)14-7-6-13(16)15(17-14)20-5-2/h6-7,12H,4-5,8-11,16H2,1-3H3. The minimum Gasteiger partial charge on any atom is -0.476 e. The molecule has 2 rings (SSSR count). The molecular weight excluding hydrogens is 252 g/mol. The van der Waals surface area contributed by atoms with Gasteiger partial charge in [0.05, 0.1) is 12.3 Å². The van der Waals surface area contributed by atoms with E-state index < -0.39 is 0 Å². The highest BCUT2D eigenvalue weighted by Crippen LogP contribution is 2.24.